The van der Waals surface area contributed by atoms with Crippen molar-refractivity contribution in [3.05, 3.63) is 58.2 Å². The van der Waals surface area contributed by atoms with E-state index in [-0.39, 0.29) is 16.5 Å². The highest BCUT2D eigenvalue weighted by molar-refractivity contribution is 6.32. The molecule has 1 aliphatic rings. The monoisotopic (exact) mass is 360 g/mol. The Morgan fingerprint density at radius 1 is 1.40 bits per heavy atom. The molecule has 1 atom stereocenters. The van der Waals surface area contributed by atoms with Crippen LogP contribution in [0.25, 0.3) is 0 Å². The molecule has 1 N–H and O–H groups in total. The standard InChI is InChI=1S/C18H17ClN2O4/c1-2-25-16-14(19)9-12(10-20-16)17(22)21-8-7-11-5-3-4-6-13(11)15(21)18(23)24/h3-6,9-10,15H,2,7-8H2,1H3,(H,23,24). The number of hydrogen-bond donors (Lipinski definition) is 1. The number of amides is 1. The number of nitrogens with zero attached hydrogens (tertiary/aromatic N) is 2. The van der Waals surface area contributed by atoms with E-state index in [4.69, 9.17) is 16.3 Å². The molecule has 0 saturated heterocycles. The SMILES string of the molecule is CCOc1ncc(C(=O)N2CCc3ccccc3C2C(=O)O)cc1Cl. The molecular weight excluding hydrogens is 344 g/mol. The van der Waals surface area contributed by atoms with E-state index in [1.807, 2.05) is 12.1 Å². The van der Waals surface area contributed by atoms with Gasteiger partial charge in [0.25, 0.3) is 5.91 Å². The van der Waals surface area contributed by atoms with Crippen molar-refractivity contribution in [3.63, 3.8) is 0 Å². The summed E-state index contributed by atoms with van der Waals surface area (Å²) >= 11 is 6.10. The Morgan fingerprint density at radius 3 is 2.84 bits per heavy atom. The number of carbonyl (C=O) groups is 2. The normalized spacial score (nSPS) is 16.2. The minimum atomic E-state index is -1.06. The Bertz CT molecular complexity index is 824. The summed E-state index contributed by atoms with van der Waals surface area (Å²) in [6.07, 6.45) is 1.96. The van der Waals surface area contributed by atoms with Crippen molar-refractivity contribution >= 4 is 23.5 Å². The molecule has 1 amide bonds. The molecule has 0 radical (unpaired) electrons. The molecule has 1 aromatic heterocycles. The third-order valence-electron chi connectivity index (χ3n) is 4.11. The van der Waals surface area contributed by atoms with Gasteiger partial charge in [-0.25, -0.2) is 9.78 Å². The fourth-order valence-electron chi connectivity index (χ4n) is 3.00. The van der Waals surface area contributed by atoms with Crippen LogP contribution < -0.4 is 4.74 Å². The largest absolute Gasteiger partial charge is 0.479 e. The predicted octanol–water partition coefficient (Wildman–Crippen LogP) is 2.96. The summed E-state index contributed by atoms with van der Waals surface area (Å²) in [4.78, 5) is 30.1. The van der Waals surface area contributed by atoms with Gasteiger partial charge in [-0.1, -0.05) is 35.9 Å². The third kappa shape index (κ3) is 3.30. The number of benzene rings is 1. The number of carboxylic acid groups (broad SMARTS) is 1. The first-order valence-corrected chi connectivity index (χ1v) is 8.30. The van der Waals surface area contributed by atoms with Gasteiger partial charge in [-0.2, -0.15) is 0 Å². The molecule has 0 bridgehead atoms. The number of carboxylic acids is 1. The molecule has 0 saturated carbocycles. The molecule has 0 fully saturated rings. The molecule has 0 spiro atoms. The van der Waals surface area contributed by atoms with Crippen LogP contribution in [0.2, 0.25) is 5.02 Å². The average Bonchev–Trinajstić information content (AvgIpc) is 2.61. The van der Waals surface area contributed by atoms with E-state index >= 15 is 0 Å². The lowest BCUT2D eigenvalue weighted by Gasteiger charge is -2.34. The number of fused-ring (bicyclic) bond motifs is 1. The number of ether oxygens (including phenoxy) is 1. The Balaban J connectivity index is 1.94. The van der Waals surface area contributed by atoms with E-state index in [2.05, 4.69) is 4.98 Å². The van der Waals surface area contributed by atoms with Crippen LogP contribution in [-0.4, -0.2) is 40.0 Å². The summed E-state index contributed by atoms with van der Waals surface area (Å²) in [7, 11) is 0. The van der Waals surface area contributed by atoms with E-state index in [1.54, 1.807) is 19.1 Å². The van der Waals surface area contributed by atoms with Crippen LogP contribution in [0.5, 0.6) is 5.88 Å². The first kappa shape index (κ1) is 17.2. The van der Waals surface area contributed by atoms with Crippen LogP contribution >= 0.6 is 11.6 Å². The maximum absolute atomic E-state index is 12.9. The van der Waals surface area contributed by atoms with Crippen molar-refractivity contribution in [1.29, 1.82) is 0 Å². The number of pyridine rings is 1. The number of aliphatic carboxylic acids is 1. The second-order valence-corrected chi connectivity index (χ2v) is 6.04. The fourth-order valence-corrected chi connectivity index (χ4v) is 3.22. The molecule has 25 heavy (non-hydrogen) atoms. The summed E-state index contributed by atoms with van der Waals surface area (Å²) in [6.45, 7) is 2.53. The summed E-state index contributed by atoms with van der Waals surface area (Å²) in [5, 5.41) is 9.88. The molecular formula is C18H17ClN2O4. The Labute approximate surface area is 150 Å². The van der Waals surface area contributed by atoms with Crippen molar-refractivity contribution in [2.45, 2.75) is 19.4 Å². The molecule has 0 aliphatic carbocycles. The van der Waals surface area contributed by atoms with E-state index < -0.39 is 17.9 Å². The highest BCUT2D eigenvalue weighted by Gasteiger charge is 2.36. The molecule has 1 unspecified atom stereocenters. The molecule has 2 heterocycles. The van der Waals surface area contributed by atoms with Gasteiger partial charge in [0.2, 0.25) is 5.88 Å². The van der Waals surface area contributed by atoms with Crippen LogP contribution in [0.3, 0.4) is 0 Å². The van der Waals surface area contributed by atoms with Crippen molar-refractivity contribution in [2.75, 3.05) is 13.2 Å². The second kappa shape index (κ2) is 7.11. The predicted molar refractivity (Wildman–Crippen MR) is 92.0 cm³/mol. The quantitative estimate of drug-likeness (QED) is 0.906. The zero-order valence-electron chi connectivity index (χ0n) is 13.6. The van der Waals surface area contributed by atoms with Crippen LogP contribution in [0.1, 0.15) is 34.5 Å². The maximum Gasteiger partial charge on any atom is 0.331 e. The number of aromatic nitrogens is 1. The minimum Gasteiger partial charge on any atom is -0.479 e. The van der Waals surface area contributed by atoms with Gasteiger partial charge in [0.15, 0.2) is 6.04 Å². The van der Waals surface area contributed by atoms with Crippen molar-refractivity contribution in [3.8, 4) is 5.88 Å². The van der Waals surface area contributed by atoms with Gasteiger partial charge in [0.1, 0.15) is 5.02 Å². The highest BCUT2D eigenvalue weighted by Crippen LogP contribution is 2.32. The second-order valence-electron chi connectivity index (χ2n) is 5.63. The molecule has 6 nitrogen and oxygen atoms in total. The van der Waals surface area contributed by atoms with Crippen molar-refractivity contribution in [2.24, 2.45) is 0 Å². The Hall–Kier alpha value is -2.60. The fraction of sp³-hybridized carbons (Fsp3) is 0.278. The molecule has 7 heteroatoms. The number of carbonyl (C=O) groups excluding carboxylic acids is 1. The lowest BCUT2D eigenvalue weighted by molar-refractivity contribution is -0.143. The van der Waals surface area contributed by atoms with Gasteiger partial charge >= 0.3 is 5.97 Å². The first-order chi connectivity index (χ1) is 12.0. The van der Waals surface area contributed by atoms with E-state index in [9.17, 15) is 14.7 Å². The zero-order valence-corrected chi connectivity index (χ0v) is 14.4. The van der Waals surface area contributed by atoms with Crippen LogP contribution in [-0.2, 0) is 11.2 Å². The summed E-state index contributed by atoms with van der Waals surface area (Å²) < 4.78 is 5.26. The first-order valence-electron chi connectivity index (χ1n) is 7.92. The van der Waals surface area contributed by atoms with Gasteiger partial charge in [-0.15, -0.1) is 0 Å². The van der Waals surface area contributed by atoms with Crippen molar-refractivity contribution < 1.29 is 19.4 Å². The summed E-state index contributed by atoms with van der Waals surface area (Å²) in [5.41, 5.74) is 1.82. The molecule has 1 aliphatic heterocycles. The number of hydrogen-bond acceptors (Lipinski definition) is 4. The summed E-state index contributed by atoms with van der Waals surface area (Å²) in [5.74, 6) is -1.23. The molecule has 130 valence electrons. The third-order valence-corrected chi connectivity index (χ3v) is 4.38. The average molecular weight is 361 g/mol. The van der Waals surface area contributed by atoms with E-state index in [0.29, 0.717) is 25.1 Å². The van der Waals surface area contributed by atoms with Gasteiger partial charge in [0.05, 0.1) is 12.2 Å². The molecule has 2 aromatic rings. The van der Waals surface area contributed by atoms with Crippen LogP contribution in [0.15, 0.2) is 36.5 Å². The van der Waals surface area contributed by atoms with E-state index in [1.165, 1.54) is 17.2 Å². The lowest BCUT2D eigenvalue weighted by atomic mass is 9.92. The summed E-state index contributed by atoms with van der Waals surface area (Å²) in [6, 6.07) is 7.71. The Kier molecular flexibility index (Phi) is 4.90. The Morgan fingerprint density at radius 2 is 2.16 bits per heavy atom. The maximum atomic E-state index is 12.9. The van der Waals surface area contributed by atoms with E-state index in [0.717, 1.165) is 5.56 Å². The minimum absolute atomic E-state index is 0.219. The van der Waals surface area contributed by atoms with Crippen LogP contribution in [0, 0.1) is 0 Å². The molecule has 3 rings (SSSR count). The smallest absolute Gasteiger partial charge is 0.331 e. The molecule has 1 aromatic carbocycles. The van der Waals surface area contributed by atoms with Gasteiger partial charge in [0, 0.05) is 12.7 Å². The topological polar surface area (TPSA) is 79.7 Å². The zero-order chi connectivity index (χ0) is 18.0. The number of rotatable bonds is 4. The van der Waals surface area contributed by atoms with Gasteiger partial charge in [-0.3, -0.25) is 4.79 Å². The van der Waals surface area contributed by atoms with Gasteiger partial charge in [-0.05, 0) is 30.5 Å². The number of halogens is 1. The highest BCUT2D eigenvalue weighted by atomic mass is 35.5. The van der Waals surface area contributed by atoms with Crippen molar-refractivity contribution in [1.82, 2.24) is 9.88 Å². The lowest BCUT2D eigenvalue weighted by Crippen LogP contribution is -2.43. The van der Waals surface area contributed by atoms with Gasteiger partial charge < -0.3 is 14.7 Å². The van der Waals surface area contributed by atoms with Crippen LogP contribution in [0.4, 0.5) is 0 Å².